The van der Waals surface area contributed by atoms with Gasteiger partial charge in [-0.3, -0.25) is 9.69 Å². The number of anilines is 1. The van der Waals surface area contributed by atoms with E-state index in [0.29, 0.717) is 36.2 Å². The van der Waals surface area contributed by atoms with E-state index in [0.717, 1.165) is 6.54 Å². The number of aromatic hydroxyl groups is 1. The third-order valence-corrected chi connectivity index (χ3v) is 6.75. The molecule has 0 aliphatic carbocycles. The first-order valence-electron chi connectivity index (χ1n) is 9.79. The summed E-state index contributed by atoms with van der Waals surface area (Å²) in [6.45, 7) is 5.38. The van der Waals surface area contributed by atoms with E-state index in [2.05, 4.69) is 16.8 Å². The standard InChI is InChI=1S/C22H26N2O5/c1-4-13-11-24-9-8-22(19-16(23-21(22)27)6-5-7-17(19)25)18(24)10-14(13)15(12-28-2)20(26)29-3/h4-7,12-14,18,25H,1,8-11H2,2-3H3,(H,23,27)/b15-12+/t13-,14-,18-,22-/m0/s1. The molecule has 7 nitrogen and oxygen atoms in total. The third kappa shape index (κ3) is 2.75. The first-order valence-corrected chi connectivity index (χ1v) is 9.79. The predicted molar refractivity (Wildman–Crippen MR) is 107 cm³/mol. The third-order valence-electron chi connectivity index (χ3n) is 6.75. The smallest absolute Gasteiger partial charge is 0.337 e. The van der Waals surface area contributed by atoms with E-state index < -0.39 is 11.4 Å². The quantitative estimate of drug-likeness (QED) is 0.350. The van der Waals surface area contributed by atoms with Crippen LogP contribution in [0.15, 0.2) is 42.7 Å². The minimum absolute atomic E-state index is 0.0233. The Kier molecular flexibility index (Phi) is 4.86. The highest BCUT2D eigenvalue weighted by molar-refractivity contribution is 6.08. The van der Waals surface area contributed by atoms with E-state index in [1.54, 1.807) is 12.1 Å². The Morgan fingerprint density at radius 2 is 2.21 bits per heavy atom. The van der Waals surface area contributed by atoms with Crippen LogP contribution in [-0.4, -0.2) is 55.2 Å². The fourth-order valence-corrected chi connectivity index (χ4v) is 5.48. The predicted octanol–water partition coefficient (Wildman–Crippen LogP) is 2.18. The molecule has 1 aromatic carbocycles. The summed E-state index contributed by atoms with van der Waals surface area (Å²) in [5.41, 5.74) is 0.945. The molecule has 1 amide bonds. The van der Waals surface area contributed by atoms with E-state index in [1.165, 1.54) is 20.5 Å². The molecule has 0 unspecified atom stereocenters. The number of phenols is 1. The SMILES string of the molecule is C=C[C@H]1CN2CC[C@]3(C(=O)Nc4cccc(O)c43)[C@@H]2C[C@@H]1/C(=C\OC)C(=O)OC. The van der Waals surface area contributed by atoms with Crippen LogP contribution in [0.2, 0.25) is 0 Å². The Morgan fingerprint density at radius 1 is 1.41 bits per heavy atom. The zero-order valence-electron chi connectivity index (χ0n) is 16.7. The van der Waals surface area contributed by atoms with E-state index in [4.69, 9.17) is 9.47 Å². The van der Waals surface area contributed by atoms with Crippen molar-refractivity contribution < 1.29 is 24.2 Å². The molecule has 7 heteroatoms. The molecule has 2 N–H and O–H groups in total. The van der Waals surface area contributed by atoms with E-state index in [1.807, 2.05) is 12.1 Å². The monoisotopic (exact) mass is 398 g/mol. The number of methoxy groups -OCH3 is 2. The fourth-order valence-electron chi connectivity index (χ4n) is 5.48. The molecule has 2 fully saturated rings. The van der Waals surface area contributed by atoms with Crippen LogP contribution in [0.3, 0.4) is 0 Å². The summed E-state index contributed by atoms with van der Waals surface area (Å²) in [6.07, 6.45) is 4.47. The highest BCUT2D eigenvalue weighted by atomic mass is 16.5. The van der Waals surface area contributed by atoms with Crippen LogP contribution in [0.25, 0.3) is 0 Å². The number of nitrogens with zero attached hydrogens (tertiary/aromatic N) is 1. The highest BCUT2D eigenvalue weighted by Crippen LogP contribution is 2.55. The molecule has 4 atom stereocenters. The molecule has 0 bridgehead atoms. The van der Waals surface area contributed by atoms with Crippen molar-refractivity contribution in [2.24, 2.45) is 11.8 Å². The number of carbonyl (C=O) groups is 2. The van der Waals surface area contributed by atoms with Gasteiger partial charge in [0.25, 0.3) is 0 Å². The van der Waals surface area contributed by atoms with Crippen LogP contribution >= 0.6 is 0 Å². The zero-order chi connectivity index (χ0) is 20.8. The number of carbonyl (C=O) groups excluding carboxylic acids is 2. The molecule has 3 heterocycles. The summed E-state index contributed by atoms with van der Waals surface area (Å²) in [4.78, 5) is 27.9. The molecule has 154 valence electrons. The maximum atomic E-state index is 13.2. The van der Waals surface area contributed by atoms with Gasteiger partial charge in [-0.05, 0) is 37.4 Å². The van der Waals surface area contributed by atoms with Gasteiger partial charge in [0.1, 0.15) is 5.75 Å². The molecule has 0 radical (unpaired) electrons. The van der Waals surface area contributed by atoms with Gasteiger partial charge in [0.2, 0.25) is 5.91 Å². The Hall–Kier alpha value is -2.80. The van der Waals surface area contributed by atoms with Crippen molar-refractivity contribution in [3.05, 3.63) is 48.3 Å². The van der Waals surface area contributed by atoms with Gasteiger partial charge >= 0.3 is 5.97 Å². The molecule has 3 aliphatic heterocycles. The molecule has 1 aromatic rings. The van der Waals surface area contributed by atoms with Gasteiger partial charge in [0, 0.05) is 29.8 Å². The van der Waals surface area contributed by atoms with E-state index in [9.17, 15) is 14.7 Å². The normalized spacial score (nSPS) is 31.2. The fraction of sp³-hybridized carbons (Fsp3) is 0.455. The van der Waals surface area contributed by atoms with Crippen LogP contribution < -0.4 is 5.32 Å². The Bertz CT molecular complexity index is 895. The molecule has 29 heavy (non-hydrogen) atoms. The number of rotatable bonds is 4. The number of nitrogens with one attached hydrogen (secondary N) is 1. The molecule has 1 spiro atoms. The summed E-state index contributed by atoms with van der Waals surface area (Å²) in [7, 11) is 2.84. The van der Waals surface area contributed by atoms with Crippen molar-refractivity contribution in [1.29, 1.82) is 0 Å². The van der Waals surface area contributed by atoms with E-state index >= 15 is 0 Å². The van der Waals surface area contributed by atoms with Crippen LogP contribution in [-0.2, 0) is 24.5 Å². The second kappa shape index (κ2) is 7.22. The maximum absolute atomic E-state index is 13.2. The van der Waals surface area contributed by atoms with Crippen molar-refractivity contribution >= 4 is 17.6 Å². The maximum Gasteiger partial charge on any atom is 0.337 e. The lowest BCUT2D eigenvalue weighted by atomic mass is 9.67. The van der Waals surface area contributed by atoms with Crippen molar-refractivity contribution in [2.45, 2.75) is 24.3 Å². The molecule has 0 saturated carbocycles. The van der Waals surface area contributed by atoms with Crippen molar-refractivity contribution in [3.8, 4) is 5.75 Å². The molecule has 4 rings (SSSR count). The second-order valence-electron chi connectivity index (χ2n) is 7.93. The minimum atomic E-state index is -0.834. The van der Waals surface area contributed by atoms with Crippen LogP contribution in [0.1, 0.15) is 18.4 Å². The van der Waals surface area contributed by atoms with E-state index in [-0.39, 0.29) is 29.5 Å². The number of hydrogen-bond donors (Lipinski definition) is 2. The van der Waals surface area contributed by atoms with Crippen molar-refractivity contribution in [2.75, 3.05) is 32.6 Å². The number of hydrogen-bond acceptors (Lipinski definition) is 6. The zero-order valence-corrected chi connectivity index (χ0v) is 16.7. The number of ether oxygens (including phenoxy) is 2. The Balaban J connectivity index is 1.78. The average Bonchev–Trinajstić information content (AvgIpc) is 3.24. The number of piperidine rings is 1. The molecule has 0 aromatic heterocycles. The van der Waals surface area contributed by atoms with Crippen LogP contribution in [0.5, 0.6) is 5.75 Å². The molecular weight excluding hydrogens is 372 g/mol. The summed E-state index contributed by atoms with van der Waals surface area (Å²) in [5, 5.41) is 13.6. The largest absolute Gasteiger partial charge is 0.508 e. The number of benzene rings is 1. The number of fused-ring (bicyclic) bond motifs is 4. The van der Waals surface area contributed by atoms with Gasteiger partial charge in [-0.1, -0.05) is 12.1 Å². The Labute approximate surface area is 170 Å². The molecular formula is C22H26N2O5. The van der Waals surface area contributed by atoms with Gasteiger partial charge in [-0.2, -0.15) is 0 Å². The van der Waals surface area contributed by atoms with Crippen molar-refractivity contribution in [1.82, 2.24) is 4.90 Å². The minimum Gasteiger partial charge on any atom is -0.508 e. The first kappa shape index (κ1) is 19.5. The summed E-state index contributed by atoms with van der Waals surface area (Å²) < 4.78 is 10.1. The first-order chi connectivity index (χ1) is 14.0. The summed E-state index contributed by atoms with van der Waals surface area (Å²) in [6, 6.07) is 5.03. The average molecular weight is 398 g/mol. The molecule has 3 aliphatic rings. The van der Waals surface area contributed by atoms with Crippen LogP contribution in [0.4, 0.5) is 5.69 Å². The number of amides is 1. The number of phenolic OH excluding ortho intramolecular Hbond substituents is 1. The lowest BCUT2D eigenvalue weighted by molar-refractivity contribution is -0.137. The summed E-state index contributed by atoms with van der Waals surface area (Å²) in [5.74, 6) is -0.573. The van der Waals surface area contributed by atoms with Crippen LogP contribution in [0, 0.1) is 11.8 Å². The highest BCUT2D eigenvalue weighted by Gasteiger charge is 2.61. The second-order valence-corrected chi connectivity index (χ2v) is 7.93. The van der Waals surface area contributed by atoms with Gasteiger partial charge < -0.3 is 19.9 Å². The van der Waals surface area contributed by atoms with Gasteiger partial charge in [-0.15, -0.1) is 6.58 Å². The van der Waals surface area contributed by atoms with Gasteiger partial charge in [-0.25, -0.2) is 4.79 Å². The number of esters is 1. The molecule has 2 saturated heterocycles. The summed E-state index contributed by atoms with van der Waals surface area (Å²) >= 11 is 0. The van der Waals surface area contributed by atoms with Gasteiger partial charge in [0.05, 0.1) is 31.5 Å². The van der Waals surface area contributed by atoms with Gasteiger partial charge in [0.15, 0.2) is 0 Å². The topological polar surface area (TPSA) is 88.1 Å². The lowest BCUT2D eigenvalue weighted by Gasteiger charge is -2.44. The Morgan fingerprint density at radius 3 is 2.90 bits per heavy atom. The lowest BCUT2D eigenvalue weighted by Crippen LogP contribution is -2.53. The van der Waals surface area contributed by atoms with Crippen molar-refractivity contribution in [3.63, 3.8) is 0 Å².